The number of aromatic nitrogens is 3. The maximum atomic E-state index is 10.8. The first-order chi connectivity index (χ1) is 7.09. The van der Waals surface area contributed by atoms with Gasteiger partial charge in [0.2, 0.25) is 0 Å². The molecule has 2 aromatic rings. The Morgan fingerprint density at radius 3 is 2.80 bits per heavy atom. The number of hydrogen-bond donors (Lipinski definition) is 1. The molecule has 0 spiro atoms. The number of rotatable bonds is 2. The molecule has 6 heteroatoms. The molecule has 78 valence electrons. The third-order valence-corrected chi connectivity index (χ3v) is 2.09. The SMILES string of the molecule is CN(C)c1cnc2c(C(=O)O)cnn2c1. The summed E-state index contributed by atoms with van der Waals surface area (Å²) >= 11 is 0. The molecular formula is C9H10N4O2. The van der Waals surface area contributed by atoms with E-state index < -0.39 is 5.97 Å². The van der Waals surface area contributed by atoms with Gasteiger partial charge in [-0.05, 0) is 0 Å². The number of hydrogen-bond acceptors (Lipinski definition) is 4. The van der Waals surface area contributed by atoms with E-state index in [4.69, 9.17) is 5.11 Å². The normalized spacial score (nSPS) is 10.5. The molecular weight excluding hydrogens is 196 g/mol. The van der Waals surface area contributed by atoms with Gasteiger partial charge in [0.05, 0.1) is 24.3 Å². The van der Waals surface area contributed by atoms with E-state index in [0.29, 0.717) is 5.65 Å². The standard InChI is InChI=1S/C9H10N4O2/c1-12(2)6-3-10-8-7(9(14)15)4-11-13(8)5-6/h3-5H,1-2H3,(H,14,15). The average Bonchev–Trinajstić information content (AvgIpc) is 2.59. The van der Waals surface area contributed by atoms with Gasteiger partial charge in [-0.2, -0.15) is 5.10 Å². The van der Waals surface area contributed by atoms with Gasteiger partial charge in [0.15, 0.2) is 5.65 Å². The quantitative estimate of drug-likeness (QED) is 0.774. The number of carboxylic acids is 1. The van der Waals surface area contributed by atoms with Gasteiger partial charge in [-0.3, -0.25) is 0 Å². The van der Waals surface area contributed by atoms with E-state index in [9.17, 15) is 4.79 Å². The minimum atomic E-state index is -1.02. The zero-order valence-corrected chi connectivity index (χ0v) is 8.38. The van der Waals surface area contributed by atoms with Crippen molar-refractivity contribution < 1.29 is 9.90 Å². The molecule has 0 saturated heterocycles. The summed E-state index contributed by atoms with van der Waals surface area (Å²) in [6, 6.07) is 0. The molecule has 2 aromatic heterocycles. The predicted molar refractivity (Wildman–Crippen MR) is 54.3 cm³/mol. The summed E-state index contributed by atoms with van der Waals surface area (Å²) in [5, 5.41) is 12.8. The predicted octanol–water partition coefficient (Wildman–Crippen LogP) is 0.493. The minimum Gasteiger partial charge on any atom is -0.477 e. The zero-order chi connectivity index (χ0) is 11.0. The average molecular weight is 206 g/mol. The monoisotopic (exact) mass is 206 g/mol. The van der Waals surface area contributed by atoms with Crippen molar-refractivity contribution in [2.24, 2.45) is 0 Å². The van der Waals surface area contributed by atoms with Gasteiger partial charge < -0.3 is 10.0 Å². The molecule has 0 bridgehead atoms. The molecule has 6 nitrogen and oxygen atoms in total. The molecule has 0 saturated carbocycles. The first-order valence-corrected chi connectivity index (χ1v) is 4.33. The number of carboxylic acid groups (broad SMARTS) is 1. The lowest BCUT2D eigenvalue weighted by atomic mass is 10.3. The van der Waals surface area contributed by atoms with Crippen molar-refractivity contribution in [1.29, 1.82) is 0 Å². The highest BCUT2D eigenvalue weighted by Gasteiger charge is 2.12. The summed E-state index contributed by atoms with van der Waals surface area (Å²) < 4.78 is 1.46. The van der Waals surface area contributed by atoms with E-state index in [2.05, 4.69) is 10.1 Å². The Kier molecular flexibility index (Phi) is 2.03. The number of nitrogens with zero attached hydrogens (tertiary/aromatic N) is 4. The van der Waals surface area contributed by atoms with E-state index in [0.717, 1.165) is 5.69 Å². The van der Waals surface area contributed by atoms with Crippen LogP contribution >= 0.6 is 0 Å². The number of aromatic carboxylic acids is 1. The van der Waals surface area contributed by atoms with Crippen molar-refractivity contribution in [3.63, 3.8) is 0 Å². The Hall–Kier alpha value is -2.11. The first-order valence-electron chi connectivity index (χ1n) is 4.33. The molecule has 0 aliphatic carbocycles. The Balaban J connectivity index is 2.61. The van der Waals surface area contributed by atoms with Crippen LogP contribution in [-0.2, 0) is 0 Å². The van der Waals surface area contributed by atoms with Crippen molar-refractivity contribution >= 4 is 17.3 Å². The van der Waals surface area contributed by atoms with Crippen LogP contribution in [0.5, 0.6) is 0 Å². The lowest BCUT2D eigenvalue weighted by Crippen LogP contribution is -2.10. The molecule has 0 aromatic carbocycles. The van der Waals surface area contributed by atoms with Crippen LogP contribution in [0.1, 0.15) is 10.4 Å². The highest BCUT2D eigenvalue weighted by molar-refractivity contribution is 5.94. The van der Waals surface area contributed by atoms with Gasteiger partial charge in [0, 0.05) is 14.1 Å². The van der Waals surface area contributed by atoms with E-state index in [1.54, 1.807) is 12.4 Å². The number of carbonyl (C=O) groups is 1. The summed E-state index contributed by atoms with van der Waals surface area (Å²) in [5.41, 5.74) is 1.33. The van der Waals surface area contributed by atoms with Crippen LogP contribution in [0.15, 0.2) is 18.6 Å². The molecule has 2 heterocycles. The summed E-state index contributed by atoms with van der Waals surface area (Å²) in [5.74, 6) is -1.02. The maximum absolute atomic E-state index is 10.8. The lowest BCUT2D eigenvalue weighted by molar-refractivity contribution is 0.0699. The fourth-order valence-electron chi connectivity index (χ4n) is 1.25. The summed E-state index contributed by atoms with van der Waals surface area (Å²) in [4.78, 5) is 16.7. The molecule has 0 aliphatic rings. The maximum Gasteiger partial charge on any atom is 0.341 e. The second-order valence-electron chi connectivity index (χ2n) is 3.34. The molecule has 0 atom stereocenters. The minimum absolute atomic E-state index is 0.111. The molecule has 15 heavy (non-hydrogen) atoms. The van der Waals surface area contributed by atoms with Crippen LogP contribution in [0.25, 0.3) is 5.65 Å². The Morgan fingerprint density at radius 1 is 1.47 bits per heavy atom. The molecule has 2 rings (SSSR count). The Bertz CT molecular complexity index is 518. The smallest absolute Gasteiger partial charge is 0.341 e. The van der Waals surface area contributed by atoms with Crippen LogP contribution in [0.4, 0.5) is 5.69 Å². The van der Waals surface area contributed by atoms with E-state index in [1.165, 1.54) is 10.7 Å². The largest absolute Gasteiger partial charge is 0.477 e. The molecule has 0 aliphatic heterocycles. The zero-order valence-electron chi connectivity index (χ0n) is 8.38. The van der Waals surface area contributed by atoms with E-state index in [-0.39, 0.29) is 5.56 Å². The highest BCUT2D eigenvalue weighted by atomic mass is 16.4. The number of anilines is 1. The van der Waals surface area contributed by atoms with Gasteiger partial charge in [-0.15, -0.1) is 0 Å². The van der Waals surface area contributed by atoms with Crippen LogP contribution in [0.3, 0.4) is 0 Å². The van der Waals surface area contributed by atoms with Crippen LogP contribution in [0.2, 0.25) is 0 Å². The van der Waals surface area contributed by atoms with Crippen LogP contribution < -0.4 is 4.90 Å². The van der Waals surface area contributed by atoms with E-state index >= 15 is 0 Å². The third-order valence-electron chi connectivity index (χ3n) is 2.09. The van der Waals surface area contributed by atoms with Crippen LogP contribution in [0, 0.1) is 0 Å². The molecule has 0 fully saturated rings. The van der Waals surface area contributed by atoms with Gasteiger partial charge in [0.1, 0.15) is 5.56 Å². The van der Waals surface area contributed by atoms with Crippen molar-refractivity contribution in [1.82, 2.24) is 14.6 Å². The molecule has 1 N–H and O–H groups in total. The lowest BCUT2D eigenvalue weighted by Gasteiger charge is -2.11. The first kappa shape index (κ1) is 9.45. The Labute approximate surface area is 85.8 Å². The summed E-state index contributed by atoms with van der Waals surface area (Å²) in [7, 11) is 3.76. The van der Waals surface area contributed by atoms with Gasteiger partial charge in [-0.25, -0.2) is 14.3 Å². The van der Waals surface area contributed by atoms with Gasteiger partial charge in [-0.1, -0.05) is 0 Å². The summed E-state index contributed by atoms with van der Waals surface area (Å²) in [6.45, 7) is 0. The van der Waals surface area contributed by atoms with Crippen molar-refractivity contribution in [3.8, 4) is 0 Å². The van der Waals surface area contributed by atoms with Gasteiger partial charge in [0.25, 0.3) is 0 Å². The second kappa shape index (κ2) is 3.23. The fraction of sp³-hybridized carbons (Fsp3) is 0.222. The topological polar surface area (TPSA) is 70.7 Å². The van der Waals surface area contributed by atoms with Crippen molar-refractivity contribution in [3.05, 3.63) is 24.2 Å². The molecule has 0 amide bonds. The second-order valence-corrected chi connectivity index (χ2v) is 3.34. The van der Waals surface area contributed by atoms with Crippen molar-refractivity contribution in [2.45, 2.75) is 0 Å². The summed E-state index contributed by atoms with van der Waals surface area (Å²) in [6.07, 6.45) is 4.64. The van der Waals surface area contributed by atoms with Crippen molar-refractivity contribution in [2.75, 3.05) is 19.0 Å². The molecule has 0 unspecified atom stereocenters. The molecule has 0 radical (unpaired) electrons. The fourth-order valence-corrected chi connectivity index (χ4v) is 1.25. The van der Waals surface area contributed by atoms with Crippen LogP contribution in [-0.4, -0.2) is 39.8 Å². The third kappa shape index (κ3) is 1.50. The van der Waals surface area contributed by atoms with Gasteiger partial charge >= 0.3 is 5.97 Å². The number of fused-ring (bicyclic) bond motifs is 1. The van der Waals surface area contributed by atoms with E-state index in [1.807, 2.05) is 19.0 Å². The Morgan fingerprint density at radius 2 is 2.20 bits per heavy atom. The highest BCUT2D eigenvalue weighted by Crippen LogP contribution is 2.13.